The van der Waals surface area contributed by atoms with Crippen LogP contribution in [0.1, 0.15) is 122 Å². The number of hydrogen-bond acceptors (Lipinski definition) is 3. The monoisotopic (exact) mass is 407 g/mol. The summed E-state index contributed by atoms with van der Waals surface area (Å²) in [5.41, 5.74) is -0.0934. The van der Waals surface area contributed by atoms with Crippen molar-refractivity contribution in [2.75, 3.05) is 0 Å². The Morgan fingerprint density at radius 3 is 1.48 bits per heavy atom. The summed E-state index contributed by atoms with van der Waals surface area (Å²) in [6.07, 6.45) is 20.6. The smallest absolute Gasteiger partial charge is 0.279 e. The molecule has 1 heterocycles. The summed E-state index contributed by atoms with van der Waals surface area (Å²) in [5.74, 6) is -0.0347. The average molecular weight is 408 g/mol. The molecule has 0 aliphatic rings. The van der Waals surface area contributed by atoms with Crippen LogP contribution in [0.2, 0.25) is 0 Å². The molecule has 168 valence electrons. The van der Waals surface area contributed by atoms with E-state index in [1.54, 1.807) is 9.36 Å². The molecule has 0 unspecified atom stereocenters. The first-order chi connectivity index (χ1) is 14.2. The van der Waals surface area contributed by atoms with Crippen LogP contribution in [0.3, 0.4) is 0 Å². The van der Waals surface area contributed by atoms with Gasteiger partial charge >= 0.3 is 0 Å². The number of nitrogens with one attached hydrogen (secondary N) is 1. The molecule has 0 bridgehead atoms. The lowest BCUT2D eigenvalue weighted by Crippen LogP contribution is -2.24. The molecule has 0 amide bonds. The maximum Gasteiger partial charge on any atom is 0.279 e. The second-order valence-electron chi connectivity index (χ2n) is 8.38. The average Bonchev–Trinajstić information content (AvgIpc) is 2.95. The van der Waals surface area contributed by atoms with E-state index < -0.39 is 0 Å². The molecule has 0 spiro atoms. The Bertz CT molecular complexity index is 604. The fourth-order valence-corrected chi connectivity index (χ4v) is 3.96. The molecule has 0 aromatic carbocycles. The third-order valence-electron chi connectivity index (χ3n) is 5.83. The molecule has 1 rings (SSSR count). The summed E-state index contributed by atoms with van der Waals surface area (Å²) in [4.78, 5) is 12.5. The Hall–Kier alpha value is -1.52. The lowest BCUT2D eigenvalue weighted by Gasteiger charge is -2.12. The van der Waals surface area contributed by atoms with Crippen LogP contribution in [0, 0.1) is 5.41 Å². The van der Waals surface area contributed by atoms with E-state index in [-0.39, 0.29) is 17.0 Å². The molecule has 0 aliphatic heterocycles. The predicted octanol–water partition coefficient (Wildman–Crippen LogP) is 6.63. The van der Waals surface area contributed by atoms with Crippen molar-refractivity contribution < 1.29 is 5.11 Å². The van der Waals surface area contributed by atoms with Crippen molar-refractivity contribution in [3.8, 4) is 5.88 Å². The number of rotatable bonds is 19. The number of aromatic nitrogens is 2. The highest BCUT2D eigenvalue weighted by molar-refractivity contribution is 5.79. The maximum absolute atomic E-state index is 12.5. The van der Waals surface area contributed by atoms with E-state index in [2.05, 4.69) is 13.8 Å². The standard InChI is InChI=1S/C24H45N3O2/c1-3-5-7-9-11-13-15-17-19-26-23(28)22(21-25)24(29)27(26)20-18-16-14-12-10-8-6-4-2/h21,25,28H,3-20H2,1-2H3. The molecule has 0 atom stereocenters. The molecule has 1 aromatic rings. The summed E-state index contributed by atoms with van der Waals surface area (Å²) >= 11 is 0. The van der Waals surface area contributed by atoms with Crippen LogP contribution in [0.15, 0.2) is 4.79 Å². The van der Waals surface area contributed by atoms with Gasteiger partial charge in [-0.15, -0.1) is 0 Å². The van der Waals surface area contributed by atoms with E-state index in [1.807, 2.05) is 0 Å². The van der Waals surface area contributed by atoms with E-state index in [0.29, 0.717) is 13.1 Å². The molecule has 0 radical (unpaired) electrons. The molecular weight excluding hydrogens is 362 g/mol. The topological polar surface area (TPSA) is 71.0 Å². The van der Waals surface area contributed by atoms with Gasteiger partial charge in [0.1, 0.15) is 5.56 Å². The number of hydrogen-bond donors (Lipinski definition) is 2. The Kier molecular flexibility index (Phi) is 14.3. The van der Waals surface area contributed by atoms with E-state index in [4.69, 9.17) is 5.41 Å². The summed E-state index contributed by atoms with van der Waals surface area (Å²) in [6, 6.07) is 0. The van der Waals surface area contributed by atoms with Crippen LogP contribution in [0.25, 0.3) is 0 Å². The van der Waals surface area contributed by atoms with Gasteiger partial charge in [-0.2, -0.15) is 0 Å². The zero-order valence-corrected chi connectivity index (χ0v) is 19.1. The molecule has 0 saturated carbocycles. The normalized spacial score (nSPS) is 11.2. The Morgan fingerprint density at radius 1 is 0.690 bits per heavy atom. The number of nitrogens with zero attached hydrogens (tertiary/aromatic N) is 2. The molecule has 0 fully saturated rings. The van der Waals surface area contributed by atoms with Crippen molar-refractivity contribution in [2.24, 2.45) is 0 Å². The van der Waals surface area contributed by atoms with Crippen molar-refractivity contribution in [3.63, 3.8) is 0 Å². The fourth-order valence-electron chi connectivity index (χ4n) is 3.96. The predicted molar refractivity (Wildman–Crippen MR) is 123 cm³/mol. The van der Waals surface area contributed by atoms with Crippen LogP contribution < -0.4 is 5.56 Å². The second-order valence-corrected chi connectivity index (χ2v) is 8.38. The van der Waals surface area contributed by atoms with Gasteiger partial charge in [0.2, 0.25) is 5.88 Å². The quantitative estimate of drug-likeness (QED) is 0.199. The molecule has 0 aliphatic carbocycles. The summed E-state index contributed by atoms with van der Waals surface area (Å²) in [5, 5.41) is 17.9. The molecule has 5 nitrogen and oxygen atoms in total. The van der Waals surface area contributed by atoms with Crippen LogP contribution in [-0.4, -0.2) is 20.7 Å². The highest BCUT2D eigenvalue weighted by atomic mass is 16.3. The fraction of sp³-hybridized carbons (Fsp3) is 0.833. The van der Waals surface area contributed by atoms with Gasteiger partial charge in [-0.05, 0) is 12.8 Å². The van der Waals surface area contributed by atoms with Crippen molar-refractivity contribution in [3.05, 3.63) is 15.9 Å². The van der Waals surface area contributed by atoms with E-state index in [0.717, 1.165) is 31.9 Å². The Morgan fingerprint density at radius 2 is 1.07 bits per heavy atom. The van der Waals surface area contributed by atoms with Gasteiger partial charge < -0.3 is 10.5 Å². The zero-order valence-electron chi connectivity index (χ0n) is 19.1. The van der Waals surface area contributed by atoms with Gasteiger partial charge in [-0.1, -0.05) is 104 Å². The van der Waals surface area contributed by atoms with Crippen LogP contribution in [0.5, 0.6) is 5.88 Å². The maximum atomic E-state index is 12.5. The van der Waals surface area contributed by atoms with Gasteiger partial charge in [0.15, 0.2) is 0 Å². The first-order valence-electron chi connectivity index (χ1n) is 12.2. The first kappa shape index (κ1) is 25.5. The summed E-state index contributed by atoms with van der Waals surface area (Å²) in [7, 11) is 0. The number of aromatic hydroxyl groups is 1. The Labute approximate surface area is 178 Å². The lowest BCUT2D eigenvalue weighted by atomic mass is 10.1. The minimum absolute atomic E-state index is 0.0347. The van der Waals surface area contributed by atoms with Crippen LogP contribution in [-0.2, 0) is 13.1 Å². The Balaban J connectivity index is 2.42. The molecule has 0 saturated heterocycles. The van der Waals surface area contributed by atoms with E-state index in [1.165, 1.54) is 77.0 Å². The van der Waals surface area contributed by atoms with Gasteiger partial charge in [0.25, 0.3) is 5.56 Å². The second kappa shape index (κ2) is 16.3. The van der Waals surface area contributed by atoms with Gasteiger partial charge in [-0.25, -0.2) is 4.68 Å². The molecule has 29 heavy (non-hydrogen) atoms. The van der Waals surface area contributed by atoms with Crippen LogP contribution >= 0.6 is 0 Å². The van der Waals surface area contributed by atoms with Gasteiger partial charge in [0.05, 0.1) is 0 Å². The van der Waals surface area contributed by atoms with Gasteiger partial charge in [0, 0.05) is 19.3 Å². The largest absolute Gasteiger partial charge is 0.493 e. The van der Waals surface area contributed by atoms with Crippen molar-refractivity contribution in [1.29, 1.82) is 5.41 Å². The number of unbranched alkanes of at least 4 members (excludes halogenated alkanes) is 14. The summed E-state index contributed by atoms with van der Waals surface area (Å²) in [6.45, 7) is 5.75. The van der Waals surface area contributed by atoms with E-state index >= 15 is 0 Å². The zero-order chi connectivity index (χ0) is 21.3. The SMILES string of the molecule is CCCCCCCCCCn1c(O)c(C=N)c(=O)n1CCCCCCCCCC. The summed E-state index contributed by atoms with van der Waals surface area (Å²) < 4.78 is 3.37. The van der Waals surface area contributed by atoms with Crippen molar-refractivity contribution >= 4 is 6.21 Å². The molecule has 5 heteroatoms. The van der Waals surface area contributed by atoms with Crippen LogP contribution in [0.4, 0.5) is 0 Å². The minimum atomic E-state index is -0.222. The lowest BCUT2D eigenvalue weighted by molar-refractivity contribution is 0.338. The minimum Gasteiger partial charge on any atom is -0.493 e. The third-order valence-corrected chi connectivity index (χ3v) is 5.83. The van der Waals surface area contributed by atoms with Crippen molar-refractivity contribution in [2.45, 2.75) is 130 Å². The molecule has 2 N–H and O–H groups in total. The first-order valence-corrected chi connectivity index (χ1v) is 12.2. The molecular formula is C24H45N3O2. The molecule has 1 aromatic heterocycles. The van der Waals surface area contributed by atoms with E-state index in [9.17, 15) is 9.90 Å². The highest BCUT2D eigenvalue weighted by Gasteiger charge is 2.17. The third kappa shape index (κ3) is 9.68. The van der Waals surface area contributed by atoms with Gasteiger partial charge in [-0.3, -0.25) is 9.48 Å². The highest BCUT2D eigenvalue weighted by Crippen LogP contribution is 2.16. The van der Waals surface area contributed by atoms with Crippen molar-refractivity contribution in [1.82, 2.24) is 9.36 Å².